The molecule has 2 fully saturated rings. The second kappa shape index (κ2) is 8.50. The van der Waals surface area contributed by atoms with Crippen LogP contribution in [0.25, 0.3) is 0 Å². The van der Waals surface area contributed by atoms with Gasteiger partial charge < -0.3 is 9.57 Å². The largest absolute Gasteiger partial charge is 0.378 e. The monoisotopic (exact) mass is 412 g/mol. The molecule has 0 aromatic heterocycles. The molecule has 2 aromatic rings. The first-order valence-electron chi connectivity index (χ1n) is 10.00. The molecule has 7 heteroatoms. The molecule has 0 bridgehead atoms. The number of alkyl halides is 2. The van der Waals surface area contributed by atoms with E-state index >= 15 is 0 Å². The lowest BCUT2D eigenvalue weighted by Gasteiger charge is -2.38. The first-order chi connectivity index (χ1) is 14.5. The van der Waals surface area contributed by atoms with Crippen LogP contribution in [0, 0.1) is 17.2 Å². The topological polar surface area (TPSA) is 62.6 Å². The third kappa shape index (κ3) is 4.66. The summed E-state index contributed by atoms with van der Waals surface area (Å²) in [7, 11) is 0. The second-order valence-corrected chi connectivity index (χ2v) is 7.78. The Bertz CT molecular complexity index is 928. The van der Waals surface area contributed by atoms with E-state index in [2.05, 4.69) is 6.07 Å². The molecule has 3 atom stereocenters. The predicted molar refractivity (Wildman–Crippen MR) is 104 cm³/mol. The molecule has 5 nitrogen and oxygen atoms in total. The summed E-state index contributed by atoms with van der Waals surface area (Å²) in [5, 5.41) is 10.7. The van der Waals surface area contributed by atoms with Crippen LogP contribution in [-0.2, 0) is 9.57 Å². The number of benzene rings is 2. The number of hydrogen-bond acceptors (Lipinski definition) is 5. The highest BCUT2D eigenvalue weighted by Gasteiger charge is 2.57. The molecule has 0 N–H and O–H groups in total. The summed E-state index contributed by atoms with van der Waals surface area (Å²) in [5.41, 5.74) is 1.86. The maximum Gasteiger partial charge on any atom is 0.357 e. The Balaban J connectivity index is 1.46. The fraction of sp³-hybridized carbons (Fsp3) is 0.391. The molecule has 156 valence electrons. The quantitative estimate of drug-likeness (QED) is 0.699. The Hall–Kier alpha value is -2.82. The van der Waals surface area contributed by atoms with E-state index in [-0.39, 0.29) is 25.2 Å². The zero-order valence-electron chi connectivity index (χ0n) is 16.3. The van der Waals surface area contributed by atoms with Crippen molar-refractivity contribution in [2.24, 2.45) is 5.92 Å². The van der Waals surface area contributed by atoms with Gasteiger partial charge in [-0.05, 0) is 42.7 Å². The van der Waals surface area contributed by atoms with E-state index in [1.807, 2.05) is 18.2 Å². The molecule has 1 heterocycles. The Kier molecular flexibility index (Phi) is 5.80. The zero-order valence-corrected chi connectivity index (χ0v) is 16.3. The van der Waals surface area contributed by atoms with Gasteiger partial charge in [0.2, 0.25) is 0 Å². The van der Waals surface area contributed by atoms with Crippen LogP contribution < -0.4 is 0 Å². The van der Waals surface area contributed by atoms with E-state index in [9.17, 15) is 13.6 Å². The number of hydroxylamine groups is 2. The van der Waals surface area contributed by atoms with Gasteiger partial charge in [0.15, 0.2) is 0 Å². The van der Waals surface area contributed by atoms with Crippen molar-refractivity contribution < 1.29 is 23.1 Å². The summed E-state index contributed by atoms with van der Waals surface area (Å²) in [6.45, 7) is 0.469. The molecule has 0 radical (unpaired) electrons. The Labute approximate surface area is 173 Å². The third-order valence-electron chi connectivity index (χ3n) is 5.63. The van der Waals surface area contributed by atoms with Crippen LogP contribution in [0.5, 0.6) is 0 Å². The molecular weight excluding hydrogens is 390 g/mol. The molecule has 30 heavy (non-hydrogen) atoms. The third-order valence-corrected chi connectivity index (χ3v) is 5.63. The number of hydrogen-bond donors (Lipinski definition) is 0. The molecule has 4 rings (SSSR count). The van der Waals surface area contributed by atoms with Crippen LogP contribution >= 0.6 is 0 Å². The lowest BCUT2D eigenvalue weighted by Crippen LogP contribution is -2.41. The Morgan fingerprint density at radius 2 is 1.87 bits per heavy atom. The van der Waals surface area contributed by atoms with Crippen LogP contribution in [0.3, 0.4) is 0 Å². The van der Waals surface area contributed by atoms with Crippen molar-refractivity contribution in [1.29, 1.82) is 5.26 Å². The SMILES string of the molecule is N#Cc1ccc([C@@H]2C[C@@H](OCC3CC3(F)F)CCN2OC(=O)c2ccccc2)cc1. The number of carbonyl (C=O) groups excluding carboxylic acids is 1. The minimum Gasteiger partial charge on any atom is -0.378 e. The smallest absolute Gasteiger partial charge is 0.357 e. The van der Waals surface area contributed by atoms with Gasteiger partial charge in [0.05, 0.1) is 41.9 Å². The lowest BCUT2D eigenvalue weighted by molar-refractivity contribution is -0.174. The van der Waals surface area contributed by atoms with Crippen LogP contribution in [0.2, 0.25) is 0 Å². The van der Waals surface area contributed by atoms with E-state index in [1.165, 1.54) is 0 Å². The fourth-order valence-electron chi connectivity index (χ4n) is 3.69. The van der Waals surface area contributed by atoms with Crippen LogP contribution in [0.1, 0.15) is 46.8 Å². The van der Waals surface area contributed by atoms with Crippen molar-refractivity contribution in [1.82, 2.24) is 5.06 Å². The standard InChI is InChI=1S/C23H22F2N2O3/c24-23(25)13-19(23)15-29-20-10-11-27(30-22(28)18-4-2-1-3-5-18)21(12-20)17-8-6-16(14-26)7-9-17/h1-9,19-21H,10-13,15H2/t19?,20-,21-/m0/s1. The van der Waals surface area contributed by atoms with E-state index in [0.29, 0.717) is 30.5 Å². The summed E-state index contributed by atoms with van der Waals surface area (Å²) in [5.74, 6) is -3.75. The molecule has 1 saturated heterocycles. The van der Waals surface area contributed by atoms with Gasteiger partial charge >= 0.3 is 5.97 Å². The van der Waals surface area contributed by atoms with Crippen molar-refractivity contribution in [2.75, 3.05) is 13.2 Å². The Morgan fingerprint density at radius 1 is 1.17 bits per heavy atom. The van der Waals surface area contributed by atoms with Gasteiger partial charge in [-0.2, -0.15) is 5.26 Å². The van der Waals surface area contributed by atoms with Crippen LogP contribution in [0.15, 0.2) is 54.6 Å². The number of halogens is 2. The fourth-order valence-corrected chi connectivity index (χ4v) is 3.69. The molecule has 2 aromatic carbocycles. The minimum atomic E-state index is -2.60. The maximum atomic E-state index is 13.2. The lowest BCUT2D eigenvalue weighted by atomic mass is 9.94. The maximum absolute atomic E-state index is 13.2. The highest BCUT2D eigenvalue weighted by Crippen LogP contribution is 2.49. The van der Waals surface area contributed by atoms with Crippen molar-refractivity contribution in [3.63, 3.8) is 0 Å². The minimum absolute atomic E-state index is 0.0432. The normalized spacial score (nSPS) is 25.3. The molecule has 2 aliphatic rings. The van der Waals surface area contributed by atoms with E-state index in [0.717, 1.165) is 5.56 Å². The average Bonchev–Trinajstić information content (AvgIpc) is 3.40. The highest BCUT2D eigenvalue weighted by atomic mass is 19.3. The van der Waals surface area contributed by atoms with Crippen molar-refractivity contribution in [3.8, 4) is 6.07 Å². The first kappa shape index (κ1) is 20.5. The number of rotatable bonds is 6. The van der Waals surface area contributed by atoms with E-state index in [1.54, 1.807) is 41.5 Å². The van der Waals surface area contributed by atoms with Gasteiger partial charge in [-0.3, -0.25) is 0 Å². The van der Waals surface area contributed by atoms with Crippen LogP contribution in [-0.4, -0.2) is 36.2 Å². The van der Waals surface area contributed by atoms with Gasteiger partial charge in [0, 0.05) is 13.0 Å². The summed E-state index contributed by atoms with van der Waals surface area (Å²) < 4.78 is 32.1. The van der Waals surface area contributed by atoms with Gasteiger partial charge in [0.1, 0.15) is 0 Å². The van der Waals surface area contributed by atoms with Gasteiger partial charge in [-0.15, -0.1) is 5.06 Å². The second-order valence-electron chi connectivity index (χ2n) is 7.78. The van der Waals surface area contributed by atoms with Gasteiger partial charge in [-0.1, -0.05) is 30.3 Å². The summed E-state index contributed by atoms with van der Waals surface area (Å²) in [6, 6.07) is 17.6. The molecule has 1 aliphatic carbocycles. The molecule has 1 saturated carbocycles. The zero-order chi connectivity index (χ0) is 21.1. The van der Waals surface area contributed by atoms with E-state index in [4.69, 9.17) is 14.8 Å². The highest BCUT2D eigenvalue weighted by molar-refractivity contribution is 5.89. The van der Waals surface area contributed by atoms with Gasteiger partial charge in [0.25, 0.3) is 5.92 Å². The van der Waals surface area contributed by atoms with Crippen molar-refractivity contribution >= 4 is 5.97 Å². The van der Waals surface area contributed by atoms with Crippen LogP contribution in [0.4, 0.5) is 8.78 Å². The molecule has 1 aliphatic heterocycles. The molecular formula is C23H22F2N2O3. The predicted octanol–water partition coefficient (Wildman–Crippen LogP) is 4.51. The molecule has 1 unspecified atom stereocenters. The average molecular weight is 412 g/mol. The number of nitriles is 1. The summed E-state index contributed by atoms with van der Waals surface area (Å²) in [4.78, 5) is 18.2. The Morgan fingerprint density at radius 3 is 2.50 bits per heavy atom. The molecule has 0 spiro atoms. The van der Waals surface area contributed by atoms with Gasteiger partial charge in [-0.25, -0.2) is 13.6 Å². The number of ether oxygens (including phenoxy) is 1. The molecule has 0 amide bonds. The van der Waals surface area contributed by atoms with Crippen molar-refractivity contribution in [3.05, 3.63) is 71.3 Å². The first-order valence-corrected chi connectivity index (χ1v) is 10.00. The number of piperidine rings is 1. The number of nitrogens with zero attached hydrogens (tertiary/aromatic N) is 2. The summed E-state index contributed by atoms with van der Waals surface area (Å²) in [6.07, 6.45) is 0.771. The van der Waals surface area contributed by atoms with E-state index < -0.39 is 17.8 Å². The number of carbonyl (C=O) groups is 1. The van der Waals surface area contributed by atoms with Crippen molar-refractivity contribution in [2.45, 2.75) is 37.3 Å². The summed E-state index contributed by atoms with van der Waals surface area (Å²) >= 11 is 0.